The highest BCUT2D eigenvalue weighted by Crippen LogP contribution is 2.17. The first-order valence-corrected chi connectivity index (χ1v) is 7.09. The lowest BCUT2D eigenvalue weighted by molar-refractivity contribution is 0.310. The molecular weight excluding hydrogens is 262 g/mol. The Kier molecular flexibility index (Phi) is 5.16. The molecule has 0 fully saturated rings. The highest BCUT2D eigenvalue weighted by atomic mass is 16.5. The van der Waals surface area contributed by atoms with Crippen LogP contribution < -0.4 is 10.5 Å². The molecule has 21 heavy (non-hydrogen) atoms. The zero-order valence-electron chi connectivity index (χ0n) is 12.2. The van der Waals surface area contributed by atoms with Gasteiger partial charge in [-0.25, -0.2) is 4.98 Å². The number of nitrogens with zero attached hydrogens (tertiary/aromatic N) is 2. The number of pyridine rings is 1. The molecule has 0 atom stereocenters. The summed E-state index contributed by atoms with van der Waals surface area (Å²) >= 11 is 0. The molecule has 0 bridgehead atoms. The minimum Gasteiger partial charge on any atom is -0.492 e. The van der Waals surface area contributed by atoms with E-state index in [1.54, 1.807) is 18.3 Å². The summed E-state index contributed by atoms with van der Waals surface area (Å²) in [5.74, 6) is 0.684. The molecule has 2 N–H and O–H groups in total. The molecule has 0 aliphatic heterocycles. The first-order valence-electron chi connectivity index (χ1n) is 7.09. The van der Waals surface area contributed by atoms with E-state index in [0.717, 1.165) is 30.5 Å². The Balaban J connectivity index is 1.80. The molecule has 0 aliphatic carbocycles. The number of nitrogen functional groups attached to an aromatic ring is 1. The fourth-order valence-corrected chi connectivity index (χ4v) is 2.08. The first-order chi connectivity index (χ1) is 10.2. The lowest BCUT2D eigenvalue weighted by Crippen LogP contribution is -2.02. The van der Waals surface area contributed by atoms with Crippen LogP contribution in [0, 0.1) is 11.3 Å². The smallest absolute Gasteiger partial charge is 0.140 e. The first kappa shape index (κ1) is 14.9. The van der Waals surface area contributed by atoms with Crippen molar-refractivity contribution in [3.05, 3.63) is 53.3 Å². The van der Waals surface area contributed by atoms with E-state index in [1.807, 2.05) is 12.1 Å². The molecular formula is C17H19N3O. The molecule has 2 aromatic rings. The van der Waals surface area contributed by atoms with Crippen molar-refractivity contribution in [1.82, 2.24) is 4.98 Å². The van der Waals surface area contributed by atoms with Gasteiger partial charge in [0.2, 0.25) is 0 Å². The van der Waals surface area contributed by atoms with Crippen LogP contribution in [0.15, 0.2) is 36.5 Å². The summed E-state index contributed by atoms with van der Waals surface area (Å²) in [5, 5.41) is 8.67. The third-order valence-corrected chi connectivity index (χ3v) is 3.33. The third kappa shape index (κ3) is 4.22. The molecule has 1 aromatic heterocycles. The predicted octanol–water partition coefficient (Wildman–Crippen LogP) is 3.11. The lowest BCUT2D eigenvalue weighted by atomic mass is 10.0. The number of aryl methyl sites for hydroxylation is 2. The van der Waals surface area contributed by atoms with Crippen molar-refractivity contribution in [2.45, 2.75) is 26.2 Å². The maximum atomic E-state index is 8.67. The highest BCUT2D eigenvalue weighted by molar-refractivity contribution is 5.49. The van der Waals surface area contributed by atoms with Gasteiger partial charge >= 0.3 is 0 Å². The monoisotopic (exact) mass is 281 g/mol. The van der Waals surface area contributed by atoms with E-state index in [1.165, 1.54) is 5.56 Å². The number of anilines is 1. The Morgan fingerprint density at radius 1 is 1.29 bits per heavy atom. The second-order valence-electron chi connectivity index (χ2n) is 4.83. The molecule has 2 rings (SSSR count). The van der Waals surface area contributed by atoms with Crippen molar-refractivity contribution >= 4 is 5.69 Å². The van der Waals surface area contributed by atoms with Gasteiger partial charge in [-0.2, -0.15) is 5.26 Å². The van der Waals surface area contributed by atoms with Gasteiger partial charge in [-0.05, 0) is 48.6 Å². The Bertz CT molecular complexity index is 629. The Hall–Kier alpha value is -2.54. The van der Waals surface area contributed by atoms with E-state index in [4.69, 9.17) is 15.7 Å². The zero-order chi connectivity index (χ0) is 15.1. The Morgan fingerprint density at radius 3 is 2.76 bits per heavy atom. The van der Waals surface area contributed by atoms with Crippen molar-refractivity contribution in [2.24, 2.45) is 0 Å². The number of hydrogen-bond acceptors (Lipinski definition) is 4. The van der Waals surface area contributed by atoms with E-state index in [2.05, 4.69) is 24.0 Å². The van der Waals surface area contributed by atoms with Crippen LogP contribution in [-0.4, -0.2) is 11.6 Å². The molecule has 0 amide bonds. The zero-order valence-corrected chi connectivity index (χ0v) is 12.2. The second-order valence-corrected chi connectivity index (χ2v) is 4.83. The van der Waals surface area contributed by atoms with Gasteiger partial charge in [0.1, 0.15) is 17.5 Å². The Morgan fingerprint density at radius 2 is 2.14 bits per heavy atom. The number of hydrogen-bond donors (Lipinski definition) is 1. The van der Waals surface area contributed by atoms with Crippen molar-refractivity contribution in [2.75, 3.05) is 12.3 Å². The summed E-state index contributed by atoms with van der Waals surface area (Å²) in [6, 6.07) is 11.6. The van der Waals surface area contributed by atoms with Gasteiger partial charge in [0, 0.05) is 5.69 Å². The SMILES string of the molecule is CCc1ccc(CCCOc2ccc(C#N)nc2)c(N)c1. The molecule has 0 radical (unpaired) electrons. The highest BCUT2D eigenvalue weighted by Gasteiger charge is 2.01. The predicted molar refractivity (Wildman–Crippen MR) is 83.0 cm³/mol. The number of nitrogens with two attached hydrogens (primary N) is 1. The average Bonchev–Trinajstić information content (AvgIpc) is 2.53. The summed E-state index contributed by atoms with van der Waals surface area (Å²) in [4.78, 5) is 3.96. The van der Waals surface area contributed by atoms with Crippen LogP contribution in [0.5, 0.6) is 5.75 Å². The van der Waals surface area contributed by atoms with Crippen molar-refractivity contribution in [1.29, 1.82) is 5.26 Å². The van der Waals surface area contributed by atoms with E-state index in [-0.39, 0.29) is 0 Å². The average molecular weight is 281 g/mol. The van der Waals surface area contributed by atoms with Crippen LogP contribution >= 0.6 is 0 Å². The maximum Gasteiger partial charge on any atom is 0.140 e. The second kappa shape index (κ2) is 7.30. The molecule has 0 saturated carbocycles. The summed E-state index contributed by atoms with van der Waals surface area (Å²) in [7, 11) is 0. The summed E-state index contributed by atoms with van der Waals surface area (Å²) < 4.78 is 5.60. The van der Waals surface area contributed by atoms with Gasteiger partial charge in [0.15, 0.2) is 0 Å². The van der Waals surface area contributed by atoms with Crippen LogP contribution in [0.25, 0.3) is 0 Å². The van der Waals surface area contributed by atoms with E-state index in [0.29, 0.717) is 18.1 Å². The van der Waals surface area contributed by atoms with Crippen LogP contribution in [0.3, 0.4) is 0 Å². The van der Waals surface area contributed by atoms with Gasteiger partial charge < -0.3 is 10.5 Å². The fourth-order valence-electron chi connectivity index (χ4n) is 2.08. The summed E-state index contributed by atoms with van der Waals surface area (Å²) in [6.45, 7) is 2.72. The number of benzene rings is 1. The van der Waals surface area contributed by atoms with Crippen molar-refractivity contribution < 1.29 is 4.74 Å². The van der Waals surface area contributed by atoms with Gasteiger partial charge in [-0.3, -0.25) is 0 Å². The van der Waals surface area contributed by atoms with Crippen LogP contribution in [0.4, 0.5) is 5.69 Å². The molecule has 0 unspecified atom stereocenters. The Labute approximate surface area is 125 Å². The summed E-state index contributed by atoms with van der Waals surface area (Å²) in [6.07, 6.45) is 4.34. The van der Waals surface area contributed by atoms with Gasteiger partial charge in [-0.1, -0.05) is 19.1 Å². The van der Waals surface area contributed by atoms with Crippen LogP contribution in [0.1, 0.15) is 30.2 Å². The molecule has 4 heteroatoms. The van der Waals surface area contributed by atoms with Crippen LogP contribution in [-0.2, 0) is 12.8 Å². The van der Waals surface area contributed by atoms with E-state index < -0.39 is 0 Å². The molecule has 108 valence electrons. The summed E-state index contributed by atoms with van der Waals surface area (Å²) in [5.41, 5.74) is 9.71. The minimum absolute atomic E-state index is 0.395. The van der Waals surface area contributed by atoms with E-state index >= 15 is 0 Å². The van der Waals surface area contributed by atoms with Gasteiger partial charge in [0.05, 0.1) is 12.8 Å². The molecule has 1 aromatic carbocycles. The topological polar surface area (TPSA) is 71.9 Å². The number of nitriles is 1. The number of aromatic nitrogens is 1. The number of rotatable bonds is 6. The standard InChI is InChI=1S/C17H19N3O/c1-2-13-5-6-14(17(19)10-13)4-3-9-21-16-8-7-15(11-18)20-12-16/h5-8,10,12H,2-4,9,19H2,1H3. The van der Waals surface area contributed by atoms with Gasteiger partial charge in [0.25, 0.3) is 0 Å². The lowest BCUT2D eigenvalue weighted by Gasteiger charge is -2.09. The molecule has 0 aliphatic rings. The molecule has 1 heterocycles. The minimum atomic E-state index is 0.395. The van der Waals surface area contributed by atoms with Crippen LogP contribution in [0.2, 0.25) is 0 Å². The third-order valence-electron chi connectivity index (χ3n) is 3.33. The van der Waals surface area contributed by atoms with Gasteiger partial charge in [-0.15, -0.1) is 0 Å². The quantitative estimate of drug-likeness (QED) is 0.652. The fraction of sp³-hybridized carbons (Fsp3) is 0.294. The van der Waals surface area contributed by atoms with Crippen molar-refractivity contribution in [3.8, 4) is 11.8 Å². The molecule has 0 spiro atoms. The normalized spacial score (nSPS) is 10.1. The largest absolute Gasteiger partial charge is 0.492 e. The molecule has 4 nitrogen and oxygen atoms in total. The molecule has 0 saturated heterocycles. The number of ether oxygens (including phenoxy) is 1. The maximum absolute atomic E-state index is 8.67. The van der Waals surface area contributed by atoms with E-state index in [9.17, 15) is 0 Å². The van der Waals surface area contributed by atoms with Crippen molar-refractivity contribution in [3.63, 3.8) is 0 Å².